The third-order valence-electron chi connectivity index (χ3n) is 2.78. The predicted octanol–water partition coefficient (Wildman–Crippen LogP) is 2.00. The monoisotopic (exact) mass is 243 g/mol. The van der Waals surface area contributed by atoms with E-state index in [1.54, 1.807) is 12.4 Å². The van der Waals surface area contributed by atoms with Gasteiger partial charge in [-0.3, -0.25) is 4.98 Å². The molecule has 0 radical (unpaired) electrons. The van der Waals surface area contributed by atoms with Gasteiger partial charge in [0.25, 0.3) is 0 Å². The number of rotatable bonds is 5. The molecule has 4 heteroatoms. The molecule has 0 saturated heterocycles. The lowest BCUT2D eigenvalue weighted by atomic mass is 10.2. The van der Waals surface area contributed by atoms with Crippen LogP contribution in [0.15, 0.2) is 42.7 Å². The first-order valence-electron chi connectivity index (χ1n) is 6.04. The summed E-state index contributed by atoms with van der Waals surface area (Å²) >= 11 is 0. The fourth-order valence-corrected chi connectivity index (χ4v) is 1.79. The Morgan fingerprint density at radius 2 is 1.94 bits per heavy atom. The molecular weight excluding hydrogens is 226 g/mol. The van der Waals surface area contributed by atoms with Crippen LogP contribution in [0.4, 0.5) is 5.82 Å². The molecule has 0 atom stereocenters. The quantitative estimate of drug-likeness (QED) is 0.872. The maximum absolute atomic E-state index is 9.12. The highest BCUT2D eigenvalue weighted by atomic mass is 16.3. The molecular formula is C14H17N3O. The van der Waals surface area contributed by atoms with Gasteiger partial charge in [-0.25, -0.2) is 4.98 Å². The van der Waals surface area contributed by atoms with Gasteiger partial charge in [0.2, 0.25) is 0 Å². The second-order valence-corrected chi connectivity index (χ2v) is 4.01. The highest BCUT2D eigenvalue weighted by molar-refractivity contribution is 5.40. The number of aliphatic hydroxyl groups excluding tert-OH is 1. The molecule has 2 aromatic heterocycles. The first-order valence-corrected chi connectivity index (χ1v) is 6.04. The minimum atomic E-state index is -0.0271. The fourth-order valence-electron chi connectivity index (χ4n) is 1.79. The van der Waals surface area contributed by atoms with Crippen LogP contribution in [-0.2, 0) is 13.2 Å². The van der Waals surface area contributed by atoms with Gasteiger partial charge >= 0.3 is 0 Å². The van der Waals surface area contributed by atoms with Crippen molar-refractivity contribution in [2.75, 3.05) is 11.4 Å². The van der Waals surface area contributed by atoms with Gasteiger partial charge in [0, 0.05) is 25.5 Å². The zero-order valence-corrected chi connectivity index (χ0v) is 10.5. The molecule has 0 unspecified atom stereocenters. The van der Waals surface area contributed by atoms with Crippen LogP contribution in [-0.4, -0.2) is 21.6 Å². The van der Waals surface area contributed by atoms with Gasteiger partial charge in [0.1, 0.15) is 5.82 Å². The van der Waals surface area contributed by atoms with Gasteiger partial charge in [-0.2, -0.15) is 0 Å². The molecule has 0 aliphatic carbocycles. The van der Waals surface area contributed by atoms with Crippen molar-refractivity contribution in [2.24, 2.45) is 0 Å². The number of anilines is 1. The van der Waals surface area contributed by atoms with Gasteiger partial charge in [0.15, 0.2) is 0 Å². The fraction of sp³-hybridized carbons (Fsp3) is 0.286. The number of hydrogen-bond acceptors (Lipinski definition) is 4. The summed E-state index contributed by atoms with van der Waals surface area (Å²) in [5.74, 6) is 0.890. The first-order chi connectivity index (χ1) is 8.83. The van der Waals surface area contributed by atoms with Crippen molar-refractivity contribution in [1.29, 1.82) is 0 Å². The molecule has 18 heavy (non-hydrogen) atoms. The largest absolute Gasteiger partial charge is 0.390 e. The Morgan fingerprint density at radius 3 is 2.61 bits per heavy atom. The molecule has 94 valence electrons. The second kappa shape index (κ2) is 6.12. The molecule has 2 rings (SSSR count). The van der Waals surface area contributed by atoms with Crippen molar-refractivity contribution < 1.29 is 5.11 Å². The van der Waals surface area contributed by atoms with E-state index in [9.17, 15) is 0 Å². The third-order valence-corrected chi connectivity index (χ3v) is 2.78. The van der Waals surface area contributed by atoms with E-state index >= 15 is 0 Å². The van der Waals surface area contributed by atoms with E-state index in [0.717, 1.165) is 18.9 Å². The van der Waals surface area contributed by atoms with Crippen LogP contribution >= 0.6 is 0 Å². The molecule has 2 aromatic rings. The molecule has 0 aliphatic heterocycles. The van der Waals surface area contributed by atoms with Crippen LogP contribution in [0, 0.1) is 0 Å². The Labute approximate surface area is 107 Å². The van der Waals surface area contributed by atoms with E-state index in [4.69, 9.17) is 5.11 Å². The lowest BCUT2D eigenvalue weighted by Gasteiger charge is -2.22. The number of nitrogens with zero attached hydrogens (tertiary/aromatic N) is 3. The minimum Gasteiger partial charge on any atom is -0.390 e. The zero-order valence-electron chi connectivity index (χ0n) is 10.5. The Hall–Kier alpha value is -1.94. The van der Waals surface area contributed by atoms with E-state index in [1.165, 1.54) is 5.56 Å². The standard InChI is InChI=1S/C14H17N3O/c1-2-17(10-12-6-8-15-9-7-12)14-5-3-4-13(11-18)16-14/h3-9,18H,2,10-11H2,1H3. The first kappa shape index (κ1) is 12.5. The molecule has 0 amide bonds. The highest BCUT2D eigenvalue weighted by Crippen LogP contribution is 2.14. The number of aliphatic hydroxyl groups is 1. The molecule has 0 bridgehead atoms. The van der Waals surface area contributed by atoms with Crippen molar-refractivity contribution in [1.82, 2.24) is 9.97 Å². The van der Waals surface area contributed by atoms with Gasteiger partial charge in [-0.15, -0.1) is 0 Å². The van der Waals surface area contributed by atoms with Gasteiger partial charge in [0.05, 0.1) is 12.3 Å². The molecule has 4 nitrogen and oxygen atoms in total. The summed E-state index contributed by atoms with van der Waals surface area (Å²) in [4.78, 5) is 10.6. The molecule has 0 fully saturated rings. The van der Waals surface area contributed by atoms with Gasteiger partial charge in [-0.1, -0.05) is 6.07 Å². The van der Waals surface area contributed by atoms with E-state index in [1.807, 2.05) is 30.3 Å². The van der Waals surface area contributed by atoms with Gasteiger partial charge in [-0.05, 0) is 36.8 Å². The van der Waals surface area contributed by atoms with Crippen molar-refractivity contribution >= 4 is 5.82 Å². The molecule has 2 heterocycles. The molecule has 1 N–H and O–H groups in total. The number of hydrogen-bond donors (Lipinski definition) is 1. The minimum absolute atomic E-state index is 0.0271. The number of pyridine rings is 2. The van der Waals surface area contributed by atoms with E-state index < -0.39 is 0 Å². The number of aromatic nitrogens is 2. The summed E-state index contributed by atoms with van der Waals surface area (Å²) < 4.78 is 0. The maximum Gasteiger partial charge on any atom is 0.129 e. The Balaban J connectivity index is 2.17. The third kappa shape index (κ3) is 3.05. The van der Waals surface area contributed by atoms with Crippen molar-refractivity contribution in [3.05, 3.63) is 54.0 Å². The van der Waals surface area contributed by atoms with Crippen LogP contribution in [0.5, 0.6) is 0 Å². The summed E-state index contributed by atoms with van der Waals surface area (Å²) in [6.45, 7) is 3.72. The van der Waals surface area contributed by atoms with Gasteiger partial charge < -0.3 is 10.0 Å². The lowest BCUT2D eigenvalue weighted by Crippen LogP contribution is -2.23. The summed E-state index contributed by atoms with van der Waals surface area (Å²) in [5.41, 5.74) is 1.89. The topological polar surface area (TPSA) is 49.2 Å². The maximum atomic E-state index is 9.12. The summed E-state index contributed by atoms with van der Waals surface area (Å²) in [6.07, 6.45) is 3.58. The molecule has 0 aliphatic rings. The van der Waals surface area contributed by atoms with Crippen LogP contribution < -0.4 is 4.90 Å². The van der Waals surface area contributed by atoms with Crippen molar-refractivity contribution in [2.45, 2.75) is 20.1 Å². The molecule has 0 spiro atoms. The second-order valence-electron chi connectivity index (χ2n) is 4.01. The summed E-state index contributed by atoms with van der Waals surface area (Å²) in [7, 11) is 0. The van der Waals surface area contributed by atoms with Crippen LogP contribution in [0.3, 0.4) is 0 Å². The van der Waals surface area contributed by atoms with Crippen LogP contribution in [0.2, 0.25) is 0 Å². The summed E-state index contributed by atoms with van der Waals surface area (Å²) in [6, 6.07) is 9.70. The zero-order chi connectivity index (χ0) is 12.8. The summed E-state index contributed by atoms with van der Waals surface area (Å²) in [5, 5.41) is 9.12. The van der Waals surface area contributed by atoms with Crippen molar-refractivity contribution in [3.8, 4) is 0 Å². The normalized spacial score (nSPS) is 10.3. The van der Waals surface area contributed by atoms with Crippen molar-refractivity contribution in [3.63, 3.8) is 0 Å². The Kier molecular flexibility index (Phi) is 4.25. The van der Waals surface area contributed by atoms with Crippen LogP contribution in [0.25, 0.3) is 0 Å². The lowest BCUT2D eigenvalue weighted by molar-refractivity contribution is 0.277. The van der Waals surface area contributed by atoms with E-state index in [0.29, 0.717) is 5.69 Å². The SMILES string of the molecule is CCN(Cc1ccncc1)c1cccc(CO)n1. The average Bonchev–Trinajstić information content (AvgIpc) is 2.46. The average molecular weight is 243 g/mol. The Morgan fingerprint density at radius 1 is 1.17 bits per heavy atom. The molecule has 0 saturated carbocycles. The van der Waals surface area contributed by atoms with E-state index in [-0.39, 0.29) is 6.61 Å². The predicted molar refractivity (Wildman–Crippen MR) is 71.1 cm³/mol. The van der Waals surface area contributed by atoms with Crippen LogP contribution in [0.1, 0.15) is 18.2 Å². The smallest absolute Gasteiger partial charge is 0.129 e. The van der Waals surface area contributed by atoms with E-state index in [2.05, 4.69) is 21.8 Å². The molecule has 0 aromatic carbocycles. The Bertz CT molecular complexity index is 487. The highest BCUT2D eigenvalue weighted by Gasteiger charge is 2.07.